The fourth-order valence-corrected chi connectivity index (χ4v) is 5.26. The number of rotatable bonds is 6. The first-order valence-electron chi connectivity index (χ1n) is 9.71. The number of anilines is 1. The highest BCUT2D eigenvalue weighted by Crippen LogP contribution is 2.30. The minimum absolute atomic E-state index is 0.0865. The molecule has 2 unspecified atom stereocenters. The third-order valence-electron chi connectivity index (χ3n) is 5.57. The Morgan fingerprint density at radius 1 is 1.27 bits per heavy atom. The molecule has 2 aliphatic rings. The highest BCUT2D eigenvalue weighted by atomic mass is 32.1. The van der Waals surface area contributed by atoms with E-state index in [1.165, 1.54) is 22.3 Å². The molecular weight excluding hydrogens is 350 g/mol. The molecule has 0 radical (unpaired) electrons. The maximum absolute atomic E-state index is 12.4. The van der Waals surface area contributed by atoms with Gasteiger partial charge in [0.1, 0.15) is 0 Å². The quantitative estimate of drug-likeness (QED) is 0.823. The van der Waals surface area contributed by atoms with Crippen LogP contribution in [0.5, 0.6) is 0 Å². The van der Waals surface area contributed by atoms with Gasteiger partial charge in [-0.05, 0) is 38.6 Å². The Morgan fingerprint density at radius 3 is 2.88 bits per heavy atom. The zero-order valence-corrected chi connectivity index (χ0v) is 16.1. The normalized spacial score (nSPS) is 24.2. The largest absolute Gasteiger partial charge is 0.395 e. The Bertz CT molecular complexity index is 820. The van der Waals surface area contributed by atoms with Crippen LogP contribution in [0.3, 0.4) is 0 Å². The molecule has 0 spiro atoms. The maximum Gasteiger partial charge on any atom is 0.275 e. The van der Waals surface area contributed by atoms with Crippen molar-refractivity contribution in [2.45, 2.75) is 57.5 Å². The number of hydrogen-bond donors (Lipinski definition) is 1. The standard InChI is InChI=1S/C18H27N5O2S/c1-2-5-13-10-16(25)23-17(19-13)26-18(20-23)22-9-4-6-14(22)11-21-8-3-7-15(21)12-24/h10,14-15,24H,2-9,11-12H2,1H3. The first kappa shape index (κ1) is 17.9. The summed E-state index contributed by atoms with van der Waals surface area (Å²) in [5, 5.41) is 15.0. The van der Waals surface area contributed by atoms with Gasteiger partial charge in [0, 0.05) is 36.9 Å². The van der Waals surface area contributed by atoms with Gasteiger partial charge >= 0.3 is 0 Å². The summed E-state index contributed by atoms with van der Waals surface area (Å²) >= 11 is 1.52. The zero-order chi connectivity index (χ0) is 18.1. The summed E-state index contributed by atoms with van der Waals surface area (Å²) < 4.78 is 1.45. The molecule has 4 heterocycles. The Morgan fingerprint density at radius 2 is 2.08 bits per heavy atom. The van der Waals surface area contributed by atoms with Crippen LogP contribution >= 0.6 is 11.3 Å². The summed E-state index contributed by atoms with van der Waals surface area (Å²) in [5.74, 6) is 0. The van der Waals surface area contributed by atoms with Gasteiger partial charge in [0.05, 0.1) is 6.61 Å². The number of aryl methyl sites for hydroxylation is 1. The molecule has 2 fully saturated rings. The number of likely N-dealkylation sites (tertiary alicyclic amines) is 1. The van der Waals surface area contributed by atoms with E-state index < -0.39 is 0 Å². The van der Waals surface area contributed by atoms with E-state index in [0.29, 0.717) is 17.0 Å². The molecule has 8 heteroatoms. The fraction of sp³-hybridized carbons (Fsp3) is 0.722. The van der Waals surface area contributed by atoms with Crippen molar-refractivity contribution >= 4 is 21.4 Å². The second-order valence-corrected chi connectivity index (χ2v) is 8.31. The summed E-state index contributed by atoms with van der Waals surface area (Å²) in [6.45, 7) is 5.34. The van der Waals surface area contributed by atoms with Crippen LogP contribution in [-0.2, 0) is 6.42 Å². The fourth-order valence-electron chi connectivity index (χ4n) is 4.24. The highest BCUT2D eigenvalue weighted by molar-refractivity contribution is 7.20. The topological polar surface area (TPSA) is 74.0 Å². The van der Waals surface area contributed by atoms with Crippen LogP contribution in [0, 0.1) is 0 Å². The molecule has 2 aliphatic heterocycles. The second-order valence-electron chi connectivity index (χ2n) is 7.38. The molecule has 0 bridgehead atoms. The molecule has 0 saturated carbocycles. The van der Waals surface area contributed by atoms with Crippen molar-refractivity contribution < 1.29 is 5.11 Å². The summed E-state index contributed by atoms with van der Waals surface area (Å²) in [4.78, 5) is 22.4. The van der Waals surface area contributed by atoms with Crippen LogP contribution in [0.15, 0.2) is 10.9 Å². The molecule has 0 amide bonds. The molecule has 0 aliphatic carbocycles. The predicted molar refractivity (Wildman–Crippen MR) is 103 cm³/mol. The van der Waals surface area contributed by atoms with Crippen LogP contribution in [0.1, 0.15) is 44.7 Å². The number of aromatic nitrogens is 3. The van der Waals surface area contributed by atoms with Crippen LogP contribution in [-0.4, -0.2) is 62.9 Å². The third-order valence-corrected chi connectivity index (χ3v) is 6.52. The minimum atomic E-state index is -0.0865. The zero-order valence-electron chi connectivity index (χ0n) is 15.3. The van der Waals surface area contributed by atoms with Crippen molar-refractivity contribution in [3.63, 3.8) is 0 Å². The third kappa shape index (κ3) is 3.37. The summed E-state index contributed by atoms with van der Waals surface area (Å²) in [6, 6.07) is 2.31. The van der Waals surface area contributed by atoms with E-state index in [1.807, 2.05) is 0 Å². The minimum Gasteiger partial charge on any atom is -0.395 e. The van der Waals surface area contributed by atoms with E-state index >= 15 is 0 Å². The summed E-state index contributed by atoms with van der Waals surface area (Å²) in [6.07, 6.45) is 6.32. The highest BCUT2D eigenvalue weighted by Gasteiger charge is 2.33. The molecule has 1 N–H and O–H groups in total. The summed E-state index contributed by atoms with van der Waals surface area (Å²) in [7, 11) is 0. The van der Waals surface area contributed by atoms with Gasteiger partial charge in [0.25, 0.3) is 5.56 Å². The van der Waals surface area contributed by atoms with E-state index in [0.717, 1.165) is 62.6 Å². The van der Waals surface area contributed by atoms with Crippen molar-refractivity contribution in [1.82, 2.24) is 19.5 Å². The number of hydrogen-bond acceptors (Lipinski definition) is 7. The smallest absolute Gasteiger partial charge is 0.275 e. The first-order chi connectivity index (χ1) is 12.7. The SMILES string of the molecule is CCCc1cc(=O)n2nc(N3CCCC3CN3CCCC3CO)sc2n1. The van der Waals surface area contributed by atoms with Gasteiger partial charge in [-0.3, -0.25) is 9.69 Å². The molecule has 2 atom stereocenters. The van der Waals surface area contributed by atoms with Gasteiger partial charge in [-0.2, -0.15) is 4.52 Å². The molecule has 7 nitrogen and oxygen atoms in total. The lowest BCUT2D eigenvalue weighted by molar-refractivity contribution is 0.153. The lowest BCUT2D eigenvalue weighted by Crippen LogP contribution is -2.43. The van der Waals surface area contributed by atoms with Crippen molar-refractivity contribution in [2.75, 3.05) is 31.1 Å². The predicted octanol–water partition coefficient (Wildman–Crippen LogP) is 1.53. The number of fused-ring (bicyclic) bond motifs is 1. The molecule has 4 rings (SSSR count). The average molecular weight is 378 g/mol. The van der Waals surface area contributed by atoms with Gasteiger partial charge in [-0.1, -0.05) is 24.7 Å². The van der Waals surface area contributed by atoms with Crippen molar-refractivity contribution in [3.05, 3.63) is 22.1 Å². The lowest BCUT2D eigenvalue weighted by atomic mass is 10.2. The molecule has 26 heavy (non-hydrogen) atoms. The lowest BCUT2D eigenvalue weighted by Gasteiger charge is -2.30. The van der Waals surface area contributed by atoms with Gasteiger partial charge in [-0.15, -0.1) is 5.10 Å². The van der Waals surface area contributed by atoms with Gasteiger partial charge in [0.2, 0.25) is 10.1 Å². The Labute approximate surface area is 157 Å². The van der Waals surface area contributed by atoms with E-state index in [-0.39, 0.29) is 12.2 Å². The maximum atomic E-state index is 12.4. The monoisotopic (exact) mass is 377 g/mol. The van der Waals surface area contributed by atoms with Crippen molar-refractivity contribution in [1.29, 1.82) is 0 Å². The number of nitrogens with zero attached hydrogens (tertiary/aromatic N) is 5. The van der Waals surface area contributed by atoms with E-state index in [9.17, 15) is 9.90 Å². The second kappa shape index (κ2) is 7.62. The van der Waals surface area contributed by atoms with Gasteiger partial charge in [-0.25, -0.2) is 4.98 Å². The number of aliphatic hydroxyl groups is 1. The number of aliphatic hydroxyl groups excluding tert-OH is 1. The molecule has 142 valence electrons. The van der Waals surface area contributed by atoms with Gasteiger partial charge < -0.3 is 10.0 Å². The molecule has 2 saturated heterocycles. The Hall–Kier alpha value is -1.51. The molecule has 0 aromatic carbocycles. The van der Waals surface area contributed by atoms with Crippen LogP contribution in [0.2, 0.25) is 0 Å². The molecule has 2 aromatic rings. The van der Waals surface area contributed by atoms with Crippen LogP contribution < -0.4 is 10.5 Å². The summed E-state index contributed by atoms with van der Waals surface area (Å²) in [5.41, 5.74) is 0.769. The Balaban J connectivity index is 1.57. The average Bonchev–Trinajstić information content (AvgIpc) is 3.34. The van der Waals surface area contributed by atoms with E-state index in [1.54, 1.807) is 6.07 Å². The van der Waals surface area contributed by atoms with E-state index in [4.69, 9.17) is 0 Å². The molecule has 2 aromatic heterocycles. The van der Waals surface area contributed by atoms with E-state index in [2.05, 4.69) is 26.8 Å². The van der Waals surface area contributed by atoms with Gasteiger partial charge in [0.15, 0.2) is 0 Å². The first-order valence-corrected chi connectivity index (χ1v) is 10.5. The Kier molecular flexibility index (Phi) is 5.24. The van der Waals surface area contributed by atoms with Crippen LogP contribution in [0.25, 0.3) is 4.96 Å². The molecular formula is C18H27N5O2S. The van der Waals surface area contributed by atoms with Crippen LogP contribution in [0.4, 0.5) is 5.13 Å². The van der Waals surface area contributed by atoms with Crippen molar-refractivity contribution in [3.8, 4) is 0 Å². The van der Waals surface area contributed by atoms with Crippen molar-refractivity contribution in [2.24, 2.45) is 0 Å².